The number of anilines is 3. The summed E-state index contributed by atoms with van der Waals surface area (Å²) in [7, 11) is 1.80. The zero-order valence-corrected chi connectivity index (χ0v) is 22.7. The van der Waals surface area contributed by atoms with Gasteiger partial charge >= 0.3 is 0 Å². The van der Waals surface area contributed by atoms with Crippen molar-refractivity contribution < 1.29 is 14.4 Å². The highest BCUT2D eigenvalue weighted by atomic mass is 16.5. The molecule has 1 aliphatic rings. The number of rotatable bonds is 8. The maximum absolute atomic E-state index is 12.7. The number of hydrogen-bond acceptors (Lipinski definition) is 10. The van der Waals surface area contributed by atoms with Crippen molar-refractivity contribution in [2.75, 3.05) is 24.3 Å². The molecule has 1 atom stereocenters. The lowest BCUT2D eigenvalue weighted by Gasteiger charge is -2.28. The highest BCUT2D eigenvalue weighted by molar-refractivity contribution is 6.00. The fraction of sp³-hybridized carbons (Fsp3) is 0.200. The summed E-state index contributed by atoms with van der Waals surface area (Å²) < 4.78 is 5.59. The Morgan fingerprint density at radius 1 is 1.02 bits per heavy atom. The van der Waals surface area contributed by atoms with E-state index in [4.69, 9.17) is 9.51 Å². The average Bonchev–Trinajstić information content (AvgIpc) is 3.55. The first-order valence-electron chi connectivity index (χ1n) is 13.1. The number of aromatic nitrogens is 5. The first-order chi connectivity index (χ1) is 19.8. The fourth-order valence-corrected chi connectivity index (χ4v) is 4.80. The van der Waals surface area contributed by atoms with Crippen LogP contribution in [-0.2, 0) is 5.54 Å². The van der Waals surface area contributed by atoms with Crippen LogP contribution in [0.4, 0.5) is 17.5 Å². The number of aliphatic hydroxyl groups excluding tert-OH is 1. The van der Waals surface area contributed by atoms with Crippen LogP contribution in [0, 0.1) is 0 Å². The SMILES string of the molecule is CN1C(=O)c2ccc(Nc3ncc(-c4nc(-c5cccnc5)no4)c(N[C@H](CO)c4ccccc4)n3)cc2C1(C)C. The van der Waals surface area contributed by atoms with E-state index in [1.807, 2.05) is 68.4 Å². The van der Waals surface area contributed by atoms with Crippen LogP contribution in [-0.4, -0.2) is 54.7 Å². The van der Waals surface area contributed by atoms with E-state index in [1.165, 1.54) is 0 Å². The van der Waals surface area contributed by atoms with Crippen molar-refractivity contribution >= 4 is 23.4 Å². The summed E-state index contributed by atoms with van der Waals surface area (Å²) in [5.41, 5.74) is 3.93. The third-order valence-corrected chi connectivity index (χ3v) is 7.37. The molecule has 0 radical (unpaired) electrons. The van der Waals surface area contributed by atoms with E-state index in [9.17, 15) is 9.90 Å². The summed E-state index contributed by atoms with van der Waals surface area (Å²) in [6.45, 7) is 3.84. The number of pyridine rings is 1. The quantitative estimate of drug-likeness (QED) is 0.247. The van der Waals surface area contributed by atoms with Crippen molar-refractivity contribution in [3.63, 3.8) is 0 Å². The fourth-order valence-electron chi connectivity index (χ4n) is 4.80. The molecule has 0 bridgehead atoms. The van der Waals surface area contributed by atoms with Gasteiger partial charge in [0.2, 0.25) is 11.8 Å². The van der Waals surface area contributed by atoms with Gasteiger partial charge in [0, 0.05) is 42.5 Å². The molecule has 11 nitrogen and oxygen atoms in total. The van der Waals surface area contributed by atoms with Crippen LogP contribution in [0.3, 0.4) is 0 Å². The molecule has 0 spiro atoms. The smallest absolute Gasteiger partial charge is 0.263 e. The van der Waals surface area contributed by atoms with Gasteiger partial charge in [0.05, 0.1) is 18.2 Å². The minimum atomic E-state index is -0.458. The average molecular weight is 549 g/mol. The predicted molar refractivity (Wildman–Crippen MR) is 153 cm³/mol. The molecule has 3 N–H and O–H groups in total. The van der Waals surface area contributed by atoms with Crippen LogP contribution in [0.1, 0.15) is 41.4 Å². The van der Waals surface area contributed by atoms with Crippen molar-refractivity contribution in [2.45, 2.75) is 25.4 Å². The molecule has 0 fully saturated rings. The van der Waals surface area contributed by atoms with Gasteiger partial charge in [-0.3, -0.25) is 9.78 Å². The second kappa shape index (κ2) is 10.4. The predicted octanol–water partition coefficient (Wildman–Crippen LogP) is 4.80. The summed E-state index contributed by atoms with van der Waals surface area (Å²) in [4.78, 5) is 32.3. The number of hydrogen-bond donors (Lipinski definition) is 3. The topological polar surface area (TPSA) is 142 Å². The number of carbonyl (C=O) groups is 1. The Labute approximate surface area is 236 Å². The first kappa shape index (κ1) is 26.1. The molecular weight excluding hydrogens is 520 g/mol. The standard InChI is InChI=1S/C30H28N8O3/c1-30(2)23-14-20(11-12-21(23)28(40)38(30)3)33-29-32-16-22(27-35-25(37-41-27)19-10-7-13-31-15-19)26(36-29)34-24(17-39)18-8-5-4-6-9-18/h4-16,24,39H,17H2,1-3H3,(H2,32,33,34,36)/t24-/m1/s1. The van der Waals surface area contributed by atoms with E-state index in [0.717, 1.165) is 16.8 Å². The normalized spacial score (nSPS) is 14.5. The molecule has 5 aromatic rings. The number of benzene rings is 2. The van der Waals surface area contributed by atoms with Gasteiger partial charge in [0.1, 0.15) is 11.4 Å². The van der Waals surface area contributed by atoms with Gasteiger partial charge in [0.15, 0.2) is 0 Å². The molecule has 2 aromatic carbocycles. The van der Waals surface area contributed by atoms with Crippen LogP contribution in [0.25, 0.3) is 22.8 Å². The van der Waals surface area contributed by atoms with E-state index in [2.05, 4.69) is 30.7 Å². The second-order valence-electron chi connectivity index (χ2n) is 10.2. The molecule has 0 unspecified atom stereocenters. The lowest BCUT2D eigenvalue weighted by Crippen LogP contribution is -2.35. The van der Waals surface area contributed by atoms with Gasteiger partial charge in [-0.25, -0.2) is 4.98 Å². The Morgan fingerprint density at radius 2 is 1.85 bits per heavy atom. The molecule has 0 aliphatic carbocycles. The van der Waals surface area contributed by atoms with Crippen LogP contribution < -0.4 is 10.6 Å². The molecular formula is C30H28N8O3. The molecule has 206 valence electrons. The van der Waals surface area contributed by atoms with E-state index >= 15 is 0 Å². The second-order valence-corrected chi connectivity index (χ2v) is 10.2. The molecule has 1 amide bonds. The van der Waals surface area contributed by atoms with Crippen molar-refractivity contribution in [1.82, 2.24) is 30.0 Å². The van der Waals surface area contributed by atoms with Crippen molar-refractivity contribution in [2.24, 2.45) is 0 Å². The van der Waals surface area contributed by atoms with Crippen LogP contribution in [0.5, 0.6) is 0 Å². The van der Waals surface area contributed by atoms with Gasteiger partial charge in [-0.15, -0.1) is 0 Å². The Bertz CT molecular complexity index is 1710. The molecule has 11 heteroatoms. The number of amides is 1. The summed E-state index contributed by atoms with van der Waals surface area (Å²) in [6.07, 6.45) is 4.91. The zero-order chi connectivity index (χ0) is 28.6. The Kier molecular flexibility index (Phi) is 6.64. The molecule has 41 heavy (non-hydrogen) atoms. The van der Waals surface area contributed by atoms with Crippen LogP contribution in [0.15, 0.2) is 83.8 Å². The summed E-state index contributed by atoms with van der Waals surface area (Å²) >= 11 is 0. The first-order valence-corrected chi connectivity index (χ1v) is 13.1. The van der Waals surface area contributed by atoms with E-state index in [1.54, 1.807) is 36.6 Å². The van der Waals surface area contributed by atoms with Gasteiger partial charge in [-0.1, -0.05) is 35.5 Å². The monoisotopic (exact) mass is 548 g/mol. The zero-order valence-electron chi connectivity index (χ0n) is 22.7. The third kappa shape index (κ3) is 4.87. The van der Waals surface area contributed by atoms with Gasteiger partial charge in [-0.05, 0) is 55.3 Å². The summed E-state index contributed by atoms with van der Waals surface area (Å²) in [5.74, 6) is 1.28. The number of nitrogens with one attached hydrogen (secondary N) is 2. The van der Waals surface area contributed by atoms with Crippen molar-refractivity contribution in [1.29, 1.82) is 0 Å². The number of carbonyl (C=O) groups excluding carboxylic acids is 1. The molecule has 0 saturated heterocycles. The van der Waals surface area contributed by atoms with E-state index in [-0.39, 0.29) is 18.4 Å². The lowest BCUT2D eigenvalue weighted by molar-refractivity contribution is 0.0691. The maximum Gasteiger partial charge on any atom is 0.263 e. The van der Waals surface area contributed by atoms with Gasteiger partial charge in [0.25, 0.3) is 11.8 Å². The van der Waals surface area contributed by atoms with Crippen molar-refractivity contribution in [3.05, 3.63) is 95.9 Å². The Morgan fingerprint density at radius 3 is 2.61 bits per heavy atom. The molecule has 3 aromatic heterocycles. The number of nitrogens with zero attached hydrogens (tertiary/aromatic N) is 6. The van der Waals surface area contributed by atoms with Gasteiger partial charge in [-0.2, -0.15) is 9.97 Å². The van der Waals surface area contributed by atoms with Crippen molar-refractivity contribution in [3.8, 4) is 22.8 Å². The minimum Gasteiger partial charge on any atom is -0.394 e. The highest BCUT2D eigenvalue weighted by Gasteiger charge is 2.40. The summed E-state index contributed by atoms with van der Waals surface area (Å²) in [6, 6.07) is 18.3. The Balaban J connectivity index is 1.36. The van der Waals surface area contributed by atoms with Crippen LogP contribution >= 0.6 is 0 Å². The number of aliphatic hydroxyl groups is 1. The lowest BCUT2D eigenvalue weighted by atomic mass is 9.93. The molecule has 1 aliphatic heterocycles. The highest BCUT2D eigenvalue weighted by Crippen LogP contribution is 2.39. The summed E-state index contributed by atoms with van der Waals surface area (Å²) in [5, 5.41) is 20.9. The van der Waals surface area contributed by atoms with E-state index < -0.39 is 11.6 Å². The minimum absolute atomic E-state index is 0.00944. The molecule has 6 rings (SSSR count). The molecule has 4 heterocycles. The van der Waals surface area contributed by atoms with E-state index in [0.29, 0.717) is 34.3 Å². The largest absolute Gasteiger partial charge is 0.394 e. The van der Waals surface area contributed by atoms with Gasteiger partial charge < -0.3 is 25.2 Å². The molecule has 0 saturated carbocycles. The maximum atomic E-state index is 12.7. The van der Waals surface area contributed by atoms with Crippen LogP contribution in [0.2, 0.25) is 0 Å². The number of fused-ring (bicyclic) bond motifs is 1. The third-order valence-electron chi connectivity index (χ3n) is 7.37. The Hall–Kier alpha value is -5.16.